The van der Waals surface area contributed by atoms with E-state index in [1.807, 2.05) is 25.1 Å². The van der Waals surface area contributed by atoms with Gasteiger partial charge in [0.05, 0.1) is 10.5 Å². The first-order valence-corrected chi connectivity index (χ1v) is 10.8. The summed E-state index contributed by atoms with van der Waals surface area (Å²) in [6.45, 7) is 2.05. The summed E-state index contributed by atoms with van der Waals surface area (Å²) in [7, 11) is 0. The van der Waals surface area contributed by atoms with Crippen LogP contribution in [-0.4, -0.2) is 20.9 Å². The summed E-state index contributed by atoms with van der Waals surface area (Å²) in [5.41, 5.74) is 3.71. The fourth-order valence-corrected chi connectivity index (χ4v) is 3.65. The lowest BCUT2D eigenvalue weighted by molar-refractivity contribution is -0.384. The van der Waals surface area contributed by atoms with Crippen LogP contribution in [0.25, 0.3) is 33.9 Å². The molecule has 1 amide bonds. The van der Waals surface area contributed by atoms with Gasteiger partial charge in [0.15, 0.2) is 11.3 Å². The molecule has 0 radical (unpaired) electrons. The molecule has 0 saturated heterocycles. The maximum Gasteiger partial charge on any atom is 0.291 e. The van der Waals surface area contributed by atoms with E-state index in [9.17, 15) is 20.0 Å². The number of non-ortho nitro benzene ring substituents is 1. The number of nitrogens with one attached hydrogen (secondary N) is 1. The van der Waals surface area contributed by atoms with Crippen LogP contribution in [0.15, 0.2) is 81.6 Å². The first-order valence-electron chi connectivity index (χ1n) is 10.8. The molecule has 0 unspecified atom stereocenters. The number of phenolic OH excluding ortho intramolecular Hbond substituents is 1. The molecule has 2 N–H and O–H groups in total. The Kier molecular flexibility index (Phi) is 5.50. The number of aryl methyl sites for hydroxylation is 1. The van der Waals surface area contributed by atoms with E-state index in [0.29, 0.717) is 33.7 Å². The first kappa shape index (κ1) is 21.9. The summed E-state index contributed by atoms with van der Waals surface area (Å²) in [6.07, 6.45) is 0.865. The van der Waals surface area contributed by atoms with Crippen molar-refractivity contribution in [1.29, 1.82) is 0 Å². The van der Waals surface area contributed by atoms with Crippen molar-refractivity contribution in [1.82, 2.24) is 4.98 Å². The lowest BCUT2D eigenvalue weighted by Gasteiger charge is -2.06. The Morgan fingerprint density at radius 1 is 1.03 bits per heavy atom. The maximum absolute atomic E-state index is 12.8. The zero-order valence-corrected chi connectivity index (χ0v) is 18.5. The molecule has 2 aromatic heterocycles. The van der Waals surface area contributed by atoms with E-state index < -0.39 is 10.8 Å². The number of amides is 1. The lowest BCUT2D eigenvalue weighted by Crippen LogP contribution is -2.10. The molecule has 0 aliphatic rings. The molecule has 3 aromatic carbocycles. The van der Waals surface area contributed by atoms with Crippen molar-refractivity contribution in [3.8, 4) is 28.5 Å². The number of carbonyl (C=O) groups excluding carboxylic acids is 1. The van der Waals surface area contributed by atoms with Gasteiger partial charge in [0.1, 0.15) is 17.0 Å². The van der Waals surface area contributed by atoms with Crippen LogP contribution in [-0.2, 0) is 6.42 Å². The zero-order valence-electron chi connectivity index (χ0n) is 18.5. The SMILES string of the molecule is CCc1ccc2oc(-c3cc(NC(=O)c4ccc(-c5ccc([N+](=O)[O-])cc5)o4)ccc3O)nc2c1. The highest BCUT2D eigenvalue weighted by Gasteiger charge is 2.17. The number of aromatic hydroxyl groups is 1. The number of nitro benzene ring substituents is 1. The number of oxazole rings is 1. The summed E-state index contributed by atoms with van der Waals surface area (Å²) in [4.78, 5) is 27.6. The number of hydrogen-bond acceptors (Lipinski definition) is 7. The quantitative estimate of drug-likeness (QED) is 0.172. The average Bonchev–Trinajstić information content (AvgIpc) is 3.52. The van der Waals surface area contributed by atoms with Gasteiger partial charge in [-0.2, -0.15) is 0 Å². The van der Waals surface area contributed by atoms with Gasteiger partial charge in [-0.3, -0.25) is 14.9 Å². The van der Waals surface area contributed by atoms with Crippen molar-refractivity contribution >= 4 is 28.4 Å². The molecule has 0 atom stereocenters. The van der Waals surface area contributed by atoms with E-state index >= 15 is 0 Å². The number of aromatic nitrogens is 1. The molecule has 9 nitrogen and oxygen atoms in total. The Bertz CT molecular complexity index is 1570. The van der Waals surface area contributed by atoms with Gasteiger partial charge < -0.3 is 19.3 Å². The summed E-state index contributed by atoms with van der Waals surface area (Å²) in [6, 6.07) is 19.3. The third kappa shape index (κ3) is 4.34. The highest BCUT2D eigenvalue weighted by Crippen LogP contribution is 2.34. The number of hydrogen-bond donors (Lipinski definition) is 2. The molecule has 0 saturated carbocycles. The Labute approximate surface area is 198 Å². The molecule has 0 aliphatic carbocycles. The molecular weight excluding hydrogens is 450 g/mol. The monoisotopic (exact) mass is 469 g/mol. The van der Waals surface area contributed by atoms with E-state index in [-0.39, 0.29) is 23.1 Å². The number of nitro groups is 1. The molecule has 5 rings (SSSR count). The van der Waals surface area contributed by atoms with Crippen LogP contribution in [0.3, 0.4) is 0 Å². The lowest BCUT2D eigenvalue weighted by atomic mass is 10.1. The molecule has 35 heavy (non-hydrogen) atoms. The minimum absolute atomic E-state index is 0.0360. The van der Waals surface area contributed by atoms with Crippen molar-refractivity contribution in [3.05, 3.63) is 94.2 Å². The second-order valence-electron chi connectivity index (χ2n) is 7.83. The topological polar surface area (TPSA) is 132 Å². The molecule has 0 aliphatic heterocycles. The molecule has 0 bridgehead atoms. The Balaban J connectivity index is 1.37. The maximum atomic E-state index is 12.8. The molecule has 0 fully saturated rings. The standard InChI is InChI=1S/C26H19N3O6/c1-2-15-3-10-23-20(13-15)28-26(35-23)19-14-17(6-9-21(19)30)27-25(31)24-12-11-22(34-24)16-4-7-18(8-5-16)29(32)33/h3-14,30H,2H2,1H3,(H,27,31). The second kappa shape index (κ2) is 8.79. The number of anilines is 1. The number of carbonyl (C=O) groups is 1. The minimum atomic E-state index is -0.500. The fourth-order valence-electron chi connectivity index (χ4n) is 3.65. The van der Waals surface area contributed by atoms with Gasteiger partial charge in [0.25, 0.3) is 11.6 Å². The second-order valence-corrected chi connectivity index (χ2v) is 7.83. The van der Waals surface area contributed by atoms with Gasteiger partial charge in [-0.05, 0) is 66.6 Å². The highest BCUT2D eigenvalue weighted by molar-refractivity contribution is 6.03. The smallest absolute Gasteiger partial charge is 0.291 e. The summed E-state index contributed by atoms with van der Waals surface area (Å²) in [5, 5.41) is 23.9. The van der Waals surface area contributed by atoms with Crippen LogP contribution in [0.4, 0.5) is 11.4 Å². The predicted octanol–water partition coefficient (Wildman–Crippen LogP) is 6.18. The van der Waals surface area contributed by atoms with Crippen molar-refractivity contribution < 1.29 is 23.7 Å². The van der Waals surface area contributed by atoms with Gasteiger partial charge in [-0.15, -0.1) is 0 Å². The van der Waals surface area contributed by atoms with Gasteiger partial charge >= 0.3 is 0 Å². The van der Waals surface area contributed by atoms with Crippen LogP contribution in [0.5, 0.6) is 5.75 Å². The molecule has 2 heterocycles. The Morgan fingerprint density at radius 2 is 1.83 bits per heavy atom. The van der Waals surface area contributed by atoms with E-state index in [4.69, 9.17) is 8.83 Å². The van der Waals surface area contributed by atoms with E-state index in [0.717, 1.165) is 12.0 Å². The van der Waals surface area contributed by atoms with Gasteiger partial charge in [-0.1, -0.05) is 13.0 Å². The highest BCUT2D eigenvalue weighted by atomic mass is 16.6. The van der Waals surface area contributed by atoms with Crippen molar-refractivity contribution in [2.75, 3.05) is 5.32 Å². The number of phenols is 1. The van der Waals surface area contributed by atoms with Gasteiger partial charge in [0.2, 0.25) is 5.89 Å². The normalized spacial score (nSPS) is 11.0. The third-order valence-electron chi connectivity index (χ3n) is 5.54. The van der Waals surface area contributed by atoms with Crippen LogP contribution in [0.2, 0.25) is 0 Å². The van der Waals surface area contributed by atoms with Crippen molar-refractivity contribution in [2.45, 2.75) is 13.3 Å². The van der Waals surface area contributed by atoms with Crippen LogP contribution < -0.4 is 5.32 Å². The Morgan fingerprint density at radius 3 is 2.57 bits per heavy atom. The summed E-state index contributed by atoms with van der Waals surface area (Å²) >= 11 is 0. The molecule has 5 aromatic rings. The summed E-state index contributed by atoms with van der Waals surface area (Å²) < 4.78 is 11.5. The molecule has 0 spiro atoms. The number of furan rings is 1. The van der Waals surface area contributed by atoms with Gasteiger partial charge in [-0.25, -0.2) is 4.98 Å². The largest absolute Gasteiger partial charge is 0.507 e. The minimum Gasteiger partial charge on any atom is -0.507 e. The van der Waals surface area contributed by atoms with E-state index in [1.54, 1.807) is 30.3 Å². The fraction of sp³-hybridized carbons (Fsp3) is 0.0769. The molecular formula is C26H19N3O6. The predicted molar refractivity (Wildman–Crippen MR) is 129 cm³/mol. The number of rotatable bonds is 6. The van der Waals surface area contributed by atoms with Crippen molar-refractivity contribution in [2.24, 2.45) is 0 Å². The van der Waals surface area contributed by atoms with Crippen LogP contribution in [0, 0.1) is 10.1 Å². The van der Waals surface area contributed by atoms with Crippen LogP contribution in [0.1, 0.15) is 23.0 Å². The van der Waals surface area contributed by atoms with Gasteiger partial charge in [0, 0.05) is 23.4 Å². The molecule has 9 heteroatoms. The van der Waals surface area contributed by atoms with E-state index in [2.05, 4.69) is 10.3 Å². The number of fused-ring (bicyclic) bond motifs is 1. The Hall–Kier alpha value is -4.92. The van der Waals surface area contributed by atoms with Crippen LogP contribution >= 0.6 is 0 Å². The number of benzene rings is 3. The van der Waals surface area contributed by atoms with Crippen molar-refractivity contribution in [3.63, 3.8) is 0 Å². The number of nitrogens with zero attached hydrogens (tertiary/aromatic N) is 2. The first-order chi connectivity index (χ1) is 16.9. The van der Waals surface area contributed by atoms with E-state index in [1.165, 1.54) is 24.3 Å². The zero-order chi connectivity index (χ0) is 24.5. The summed E-state index contributed by atoms with van der Waals surface area (Å²) in [5.74, 6) is 0.153. The average molecular weight is 469 g/mol. The molecule has 174 valence electrons. The third-order valence-corrected chi connectivity index (χ3v) is 5.54.